The van der Waals surface area contributed by atoms with Gasteiger partial charge in [-0.3, -0.25) is 9.59 Å². The van der Waals surface area contributed by atoms with Crippen molar-refractivity contribution in [1.82, 2.24) is 4.90 Å². The summed E-state index contributed by atoms with van der Waals surface area (Å²) < 4.78 is 1.01. The van der Waals surface area contributed by atoms with Gasteiger partial charge in [-0.15, -0.1) is 0 Å². The van der Waals surface area contributed by atoms with Gasteiger partial charge in [0.25, 0.3) is 0 Å². The Bertz CT molecular complexity index is 487. The van der Waals surface area contributed by atoms with E-state index in [1.165, 1.54) is 5.56 Å². The highest BCUT2D eigenvalue weighted by molar-refractivity contribution is 9.10. The van der Waals surface area contributed by atoms with Crippen molar-refractivity contribution in [3.05, 3.63) is 33.8 Å². The minimum atomic E-state index is -0.929. The summed E-state index contributed by atoms with van der Waals surface area (Å²) in [5, 5.41) is 8.58. The van der Waals surface area contributed by atoms with Gasteiger partial charge in [-0.25, -0.2) is 0 Å². The molecule has 1 heterocycles. The van der Waals surface area contributed by atoms with Gasteiger partial charge in [0.1, 0.15) is 0 Å². The molecule has 0 atom stereocenters. The number of aliphatic carboxylic acids is 1. The Morgan fingerprint density at radius 1 is 1.33 bits per heavy atom. The zero-order valence-corrected chi connectivity index (χ0v) is 11.4. The lowest BCUT2D eigenvalue weighted by Crippen LogP contribution is -2.36. The maximum absolute atomic E-state index is 11.9. The van der Waals surface area contributed by atoms with Crippen molar-refractivity contribution in [3.8, 4) is 0 Å². The van der Waals surface area contributed by atoms with Gasteiger partial charge in [-0.1, -0.05) is 28.1 Å². The monoisotopic (exact) mass is 311 g/mol. The summed E-state index contributed by atoms with van der Waals surface area (Å²) in [4.78, 5) is 24.1. The molecule has 0 aliphatic carbocycles. The lowest BCUT2D eigenvalue weighted by Gasteiger charge is -2.29. The Kier molecular flexibility index (Phi) is 4.01. The van der Waals surface area contributed by atoms with Crippen molar-refractivity contribution in [1.29, 1.82) is 0 Å². The standard InChI is InChI=1S/C13H14BrNO3/c14-11-3-1-2-9-6-7-15(8-10(9)11)12(16)4-5-13(17)18/h1-3H,4-8H2,(H,17,18). The summed E-state index contributed by atoms with van der Waals surface area (Å²) in [6.45, 7) is 1.23. The number of fused-ring (bicyclic) bond motifs is 1. The van der Waals surface area contributed by atoms with Crippen molar-refractivity contribution < 1.29 is 14.7 Å². The summed E-state index contributed by atoms with van der Waals surface area (Å²) in [6.07, 6.45) is 0.806. The van der Waals surface area contributed by atoms with Crippen LogP contribution in [0.2, 0.25) is 0 Å². The normalized spacial score (nSPS) is 14.2. The topological polar surface area (TPSA) is 57.6 Å². The number of rotatable bonds is 3. The van der Waals surface area contributed by atoms with Crippen molar-refractivity contribution in [2.75, 3.05) is 6.54 Å². The highest BCUT2D eigenvalue weighted by Gasteiger charge is 2.22. The molecule has 5 heteroatoms. The number of carbonyl (C=O) groups is 2. The molecule has 1 N–H and O–H groups in total. The van der Waals surface area contributed by atoms with Crippen LogP contribution in [0.15, 0.2) is 22.7 Å². The molecule has 1 aliphatic heterocycles. The lowest BCUT2D eigenvalue weighted by atomic mass is 9.99. The molecule has 0 radical (unpaired) electrons. The molecule has 0 saturated heterocycles. The largest absolute Gasteiger partial charge is 0.481 e. The molecule has 4 nitrogen and oxygen atoms in total. The van der Waals surface area contributed by atoms with Crippen LogP contribution in [0.1, 0.15) is 24.0 Å². The highest BCUT2D eigenvalue weighted by Crippen LogP contribution is 2.26. The molecule has 0 fully saturated rings. The van der Waals surface area contributed by atoms with E-state index in [1.54, 1.807) is 4.90 Å². The molecular formula is C13H14BrNO3. The zero-order chi connectivity index (χ0) is 13.1. The van der Waals surface area contributed by atoms with Crippen molar-refractivity contribution in [2.24, 2.45) is 0 Å². The number of hydrogen-bond donors (Lipinski definition) is 1. The smallest absolute Gasteiger partial charge is 0.303 e. The number of benzene rings is 1. The second-order valence-electron chi connectivity index (χ2n) is 4.34. The quantitative estimate of drug-likeness (QED) is 0.931. The molecule has 1 aromatic rings. The Balaban J connectivity index is 2.05. The third kappa shape index (κ3) is 2.90. The number of carboxylic acid groups (broad SMARTS) is 1. The van der Waals surface area contributed by atoms with E-state index in [0.717, 1.165) is 16.5 Å². The van der Waals surface area contributed by atoms with E-state index >= 15 is 0 Å². The summed E-state index contributed by atoms with van der Waals surface area (Å²) in [6, 6.07) is 6.02. The predicted octanol–water partition coefficient (Wildman–Crippen LogP) is 2.20. The maximum atomic E-state index is 11.9. The number of carboxylic acids is 1. The van der Waals surface area contributed by atoms with Crippen LogP contribution in [0, 0.1) is 0 Å². The summed E-state index contributed by atoms with van der Waals surface area (Å²) in [5.41, 5.74) is 2.39. The molecule has 96 valence electrons. The molecule has 0 saturated carbocycles. The first-order valence-corrected chi connectivity index (χ1v) is 6.63. The third-order valence-electron chi connectivity index (χ3n) is 3.12. The average Bonchev–Trinajstić information content (AvgIpc) is 2.36. The fraction of sp³-hybridized carbons (Fsp3) is 0.385. The van der Waals surface area contributed by atoms with E-state index in [1.807, 2.05) is 12.1 Å². The third-order valence-corrected chi connectivity index (χ3v) is 3.86. The molecule has 1 aliphatic rings. The van der Waals surface area contributed by atoms with Gasteiger partial charge < -0.3 is 10.0 Å². The van der Waals surface area contributed by atoms with Crippen LogP contribution < -0.4 is 0 Å². The molecule has 0 unspecified atom stereocenters. The second-order valence-corrected chi connectivity index (χ2v) is 5.19. The Hall–Kier alpha value is -1.36. The number of halogens is 1. The fourth-order valence-electron chi connectivity index (χ4n) is 2.12. The number of amides is 1. The minimum absolute atomic E-state index is 0.0785. The molecule has 1 aromatic carbocycles. The van der Waals surface area contributed by atoms with Crippen LogP contribution in [0.25, 0.3) is 0 Å². The van der Waals surface area contributed by atoms with Gasteiger partial charge in [0.05, 0.1) is 6.42 Å². The van der Waals surface area contributed by atoms with Crippen LogP contribution in [0.5, 0.6) is 0 Å². The second kappa shape index (κ2) is 5.52. The molecule has 0 spiro atoms. The molecule has 2 rings (SSSR count). The van der Waals surface area contributed by atoms with E-state index in [0.29, 0.717) is 13.1 Å². The van der Waals surface area contributed by atoms with Crippen molar-refractivity contribution in [3.63, 3.8) is 0 Å². The Labute approximate surface area is 114 Å². The highest BCUT2D eigenvalue weighted by atomic mass is 79.9. The summed E-state index contributed by atoms with van der Waals surface area (Å²) in [7, 11) is 0. The molecule has 0 aromatic heterocycles. The molecule has 18 heavy (non-hydrogen) atoms. The maximum Gasteiger partial charge on any atom is 0.303 e. The molecular weight excluding hydrogens is 298 g/mol. The lowest BCUT2D eigenvalue weighted by molar-refractivity contribution is -0.141. The van der Waals surface area contributed by atoms with Crippen LogP contribution in [-0.2, 0) is 22.6 Å². The first-order chi connectivity index (χ1) is 8.58. The van der Waals surface area contributed by atoms with Crippen LogP contribution in [0.4, 0.5) is 0 Å². The van der Waals surface area contributed by atoms with Crippen molar-refractivity contribution in [2.45, 2.75) is 25.8 Å². The van der Waals surface area contributed by atoms with Crippen LogP contribution >= 0.6 is 15.9 Å². The Morgan fingerprint density at radius 2 is 2.11 bits per heavy atom. The predicted molar refractivity (Wildman–Crippen MR) is 70.1 cm³/mol. The van der Waals surface area contributed by atoms with Gasteiger partial charge in [-0.2, -0.15) is 0 Å². The minimum Gasteiger partial charge on any atom is -0.481 e. The zero-order valence-electron chi connectivity index (χ0n) is 9.86. The first-order valence-electron chi connectivity index (χ1n) is 5.84. The molecule has 1 amide bonds. The van der Waals surface area contributed by atoms with Crippen LogP contribution in [-0.4, -0.2) is 28.4 Å². The number of hydrogen-bond acceptors (Lipinski definition) is 2. The number of nitrogens with zero attached hydrogens (tertiary/aromatic N) is 1. The van der Waals surface area contributed by atoms with Gasteiger partial charge in [-0.05, 0) is 23.6 Å². The van der Waals surface area contributed by atoms with Gasteiger partial charge in [0.15, 0.2) is 0 Å². The van der Waals surface area contributed by atoms with Crippen LogP contribution in [0.3, 0.4) is 0 Å². The summed E-state index contributed by atoms with van der Waals surface area (Å²) >= 11 is 3.49. The molecule has 0 bridgehead atoms. The van der Waals surface area contributed by atoms with Gasteiger partial charge >= 0.3 is 5.97 Å². The average molecular weight is 312 g/mol. The Morgan fingerprint density at radius 3 is 2.83 bits per heavy atom. The first kappa shape index (κ1) is 13.1. The summed E-state index contributed by atoms with van der Waals surface area (Å²) in [5.74, 6) is -1.01. The van der Waals surface area contributed by atoms with Gasteiger partial charge in [0, 0.05) is 24.0 Å². The fourth-order valence-corrected chi connectivity index (χ4v) is 2.66. The SMILES string of the molecule is O=C(O)CCC(=O)N1CCc2cccc(Br)c2C1. The van der Waals surface area contributed by atoms with E-state index in [9.17, 15) is 9.59 Å². The van der Waals surface area contributed by atoms with Gasteiger partial charge in [0.2, 0.25) is 5.91 Å². The number of carbonyl (C=O) groups excluding carboxylic acids is 1. The van der Waals surface area contributed by atoms with Crippen molar-refractivity contribution >= 4 is 27.8 Å². The van der Waals surface area contributed by atoms with E-state index in [2.05, 4.69) is 22.0 Å². The van der Waals surface area contributed by atoms with E-state index < -0.39 is 5.97 Å². The van der Waals surface area contributed by atoms with E-state index in [-0.39, 0.29) is 18.7 Å². The van der Waals surface area contributed by atoms with E-state index in [4.69, 9.17) is 5.11 Å².